The van der Waals surface area contributed by atoms with Gasteiger partial charge in [0.2, 0.25) is 6.79 Å². The van der Waals surface area contributed by atoms with Gasteiger partial charge in [-0.2, -0.15) is 0 Å². The third-order valence-electron chi connectivity index (χ3n) is 4.97. The Morgan fingerprint density at radius 1 is 1.33 bits per heavy atom. The van der Waals surface area contributed by atoms with Crippen molar-refractivity contribution in [2.24, 2.45) is 5.92 Å². The van der Waals surface area contributed by atoms with Crippen molar-refractivity contribution >= 4 is 5.91 Å². The second-order valence-electron chi connectivity index (χ2n) is 6.04. The van der Waals surface area contributed by atoms with Crippen molar-refractivity contribution in [3.8, 4) is 11.5 Å². The molecule has 6 nitrogen and oxygen atoms in total. The minimum atomic E-state index is -0.126. The Hall–Kier alpha value is -1.82. The van der Waals surface area contributed by atoms with E-state index >= 15 is 0 Å². The normalized spacial score (nSPS) is 33.0. The highest BCUT2D eigenvalue weighted by molar-refractivity contribution is 5.93. The standard InChI is InChI=1S/C15H19N3O3/c1-9-14(10-2-4-18(9)5-3-10)17-15(19)11-6-12-13(7-16-11)21-8-20-12/h6-7,9-10,14H,2-5,8H2,1H3,(H,17,19)/t9-,14-/m0/s1. The lowest BCUT2D eigenvalue weighted by atomic mass is 9.79. The summed E-state index contributed by atoms with van der Waals surface area (Å²) in [5.74, 6) is 1.65. The molecule has 1 amide bonds. The summed E-state index contributed by atoms with van der Waals surface area (Å²) in [5, 5.41) is 3.17. The van der Waals surface area contributed by atoms with Crippen LogP contribution in [0.2, 0.25) is 0 Å². The molecule has 2 bridgehead atoms. The number of carbonyl (C=O) groups is 1. The minimum absolute atomic E-state index is 0.126. The third kappa shape index (κ3) is 2.14. The summed E-state index contributed by atoms with van der Waals surface area (Å²) in [6.07, 6.45) is 3.89. The highest BCUT2D eigenvalue weighted by Crippen LogP contribution is 2.33. The number of amides is 1. The van der Waals surface area contributed by atoms with E-state index in [2.05, 4.69) is 22.1 Å². The fourth-order valence-corrected chi connectivity index (χ4v) is 3.70. The number of hydrogen-bond acceptors (Lipinski definition) is 5. The fourth-order valence-electron chi connectivity index (χ4n) is 3.70. The zero-order valence-corrected chi connectivity index (χ0v) is 12.0. The summed E-state index contributed by atoms with van der Waals surface area (Å²) < 4.78 is 10.5. The minimum Gasteiger partial charge on any atom is -0.453 e. The molecule has 0 saturated carbocycles. The van der Waals surface area contributed by atoms with Crippen LogP contribution in [0, 0.1) is 5.92 Å². The first-order chi connectivity index (χ1) is 10.2. The van der Waals surface area contributed by atoms with Gasteiger partial charge in [0.05, 0.1) is 6.20 Å². The van der Waals surface area contributed by atoms with Crippen molar-refractivity contribution in [1.82, 2.24) is 15.2 Å². The zero-order chi connectivity index (χ0) is 14.4. The molecule has 0 spiro atoms. The number of hydrogen-bond donors (Lipinski definition) is 1. The molecule has 4 aliphatic rings. The monoisotopic (exact) mass is 289 g/mol. The van der Waals surface area contributed by atoms with E-state index in [4.69, 9.17) is 9.47 Å². The van der Waals surface area contributed by atoms with Gasteiger partial charge < -0.3 is 14.8 Å². The number of nitrogens with zero attached hydrogens (tertiary/aromatic N) is 2. The number of aromatic nitrogens is 1. The molecular weight excluding hydrogens is 270 g/mol. The molecule has 3 fully saturated rings. The lowest BCUT2D eigenvalue weighted by molar-refractivity contribution is 0.0216. The zero-order valence-electron chi connectivity index (χ0n) is 12.0. The Labute approximate surface area is 123 Å². The Kier molecular flexibility index (Phi) is 2.99. The van der Waals surface area contributed by atoms with E-state index in [-0.39, 0.29) is 18.7 Å². The first kappa shape index (κ1) is 12.9. The van der Waals surface area contributed by atoms with Crippen LogP contribution in [0.15, 0.2) is 12.3 Å². The Morgan fingerprint density at radius 3 is 2.86 bits per heavy atom. The molecule has 5 heterocycles. The Bertz CT molecular complexity index is 567. The summed E-state index contributed by atoms with van der Waals surface area (Å²) in [6, 6.07) is 2.27. The number of pyridine rings is 1. The second kappa shape index (κ2) is 4.87. The molecule has 0 aliphatic carbocycles. The van der Waals surface area contributed by atoms with Crippen LogP contribution in [0.4, 0.5) is 0 Å². The predicted molar refractivity (Wildman–Crippen MR) is 75.4 cm³/mol. The van der Waals surface area contributed by atoms with E-state index in [1.165, 1.54) is 12.8 Å². The van der Waals surface area contributed by atoms with E-state index in [0.29, 0.717) is 29.2 Å². The second-order valence-corrected chi connectivity index (χ2v) is 6.04. The Morgan fingerprint density at radius 2 is 2.10 bits per heavy atom. The smallest absolute Gasteiger partial charge is 0.270 e. The van der Waals surface area contributed by atoms with Crippen LogP contribution in [-0.4, -0.2) is 47.8 Å². The highest BCUT2D eigenvalue weighted by atomic mass is 16.7. The molecule has 1 N–H and O–H groups in total. The van der Waals surface area contributed by atoms with Gasteiger partial charge >= 0.3 is 0 Å². The molecule has 1 aromatic rings. The number of rotatable bonds is 2. The van der Waals surface area contributed by atoms with Crippen molar-refractivity contribution in [3.05, 3.63) is 18.0 Å². The molecule has 21 heavy (non-hydrogen) atoms. The molecule has 4 aliphatic heterocycles. The number of fused-ring (bicyclic) bond motifs is 4. The van der Waals surface area contributed by atoms with Gasteiger partial charge in [-0.15, -0.1) is 0 Å². The topological polar surface area (TPSA) is 63.7 Å². The van der Waals surface area contributed by atoms with Crippen molar-refractivity contribution in [2.75, 3.05) is 19.9 Å². The lowest BCUT2D eigenvalue weighted by Crippen LogP contribution is -2.62. The largest absolute Gasteiger partial charge is 0.453 e. The van der Waals surface area contributed by atoms with Gasteiger partial charge in [-0.3, -0.25) is 9.69 Å². The van der Waals surface area contributed by atoms with E-state index in [9.17, 15) is 4.79 Å². The molecule has 6 heteroatoms. The van der Waals surface area contributed by atoms with Gasteiger partial charge in [0.15, 0.2) is 11.5 Å². The lowest BCUT2D eigenvalue weighted by Gasteiger charge is -2.49. The molecule has 0 aromatic carbocycles. The van der Waals surface area contributed by atoms with Crippen molar-refractivity contribution in [3.63, 3.8) is 0 Å². The molecule has 1 aromatic heterocycles. The molecule has 3 saturated heterocycles. The van der Waals surface area contributed by atoms with Crippen molar-refractivity contribution in [1.29, 1.82) is 0 Å². The predicted octanol–water partition coefficient (Wildman–Crippen LogP) is 1.02. The van der Waals surface area contributed by atoms with Gasteiger partial charge in [-0.05, 0) is 38.8 Å². The van der Waals surface area contributed by atoms with E-state index in [1.807, 2.05) is 0 Å². The van der Waals surface area contributed by atoms with Crippen LogP contribution in [0.5, 0.6) is 11.5 Å². The molecule has 0 unspecified atom stereocenters. The third-order valence-corrected chi connectivity index (χ3v) is 4.97. The summed E-state index contributed by atoms with van der Waals surface area (Å²) in [4.78, 5) is 19.1. The van der Waals surface area contributed by atoms with Gasteiger partial charge in [-0.25, -0.2) is 4.98 Å². The van der Waals surface area contributed by atoms with Gasteiger partial charge in [0, 0.05) is 18.2 Å². The average Bonchev–Trinajstić information content (AvgIpc) is 2.98. The summed E-state index contributed by atoms with van der Waals surface area (Å²) >= 11 is 0. The van der Waals surface area contributed by atoms with Crippen LogP contribution in [0.25, 0.3) is 0 Å². The molecular formula is C15H19N3O3. The van der Waals surface area contributed by atoms with Crippen molar-refractivity contribution in [2.45, 2.75) is 31.8 Å². The SMILES string of the molecule is C[C@H]1[C@H](NC(=O)c2cc3c(cn2)OCO3)C2CCN1CC2. The van der Waals surface area contributed by atoms with Gasteiger partial charge in [-0.1, -0.05) is 0 Å². The van der Waals surface area contributed by atoms with Crippen LogP contribution in [0.3, 0.4) is 0 Å². The first-order valence-electron chi connectivity index (χ1n) is 7.53. The van der Waals surface area contributed by atoms with E-state index in [0.717, 1.165) is 13.1 Å². The number of ether oxygens (including phenoxy) is 2. The van der Waals surface area contributed by atoms with Crippen LogP contribution in [0.1, 0.15) is 30.3 Å². The summed E-state index contributed by atoms with van der Waals surface area (Å²) in [5.41, 5.74) is 0.392. The molecule has 5 rings (SSSR count). The van der Waals surface area contributed by atoms with Crippen LogP contribution < -0.4 is 14.8 Å². The number of piperidine rings is 3. The highest BCUT2D eigenvalue weighted by Gasteiger charge is 2.40. The molecule has 2 atom stereocenters. The molecule has 112 valence electrons. The molecule has 0 radical (unpaired) electrons. The average molecular weight is 289 g/mol. The maximum absolute atomic E-state index is 12.4. The quantitative estimate of drug-likeness (QED) is 0.881. The number of carbonyl (C=O) groups excluding carboxylic acids is 1. The van der Waals surface area contributed by atoms with Gasteiger partial charge in [0.25, 0.3) is 5.91 Å². The van der Waals surface area contributed by atoms with E-state index in [1.54, 1.807) is 12.3 Å². The maximum Gasteiger partial charge on any atom is 0.270 e. The van der Waals surface area contributed by atoms with Crippen LogP contribution >= 0.6 is 0 Å². The van der Waals surface area contributed by atoms with Crippen molar-refractivity contribution < 1.29 is 14.3 Å². The number of nitrogens with one attached hydrogen (secondary N) is 1. The Balaban J connectivity index is 1.50. The van der Waals surface area contributed by atoms with Gasteiger partial charge in [0.1, 0.15) is 5.69 Å². The summed E-state index contributed by atoms with van der Waals surface area (Å²) in [6.45, 7) is 4.70. The van der Waals surface area contributed by atoms with Crippen LogP contribution in [-0.2, 0) is 0 Å². The maximum atomic E-state index is 12.4. The first-order valence-corrected chi connectivity index (χ1v) is 7.53. The fraction of sp³-hybridized carbons (Fsp3) is 0.600. The summed E-state index contributed by atoms with van der Waals surface area (Å²) in [7, 11) is 0. The van der Waals surface area contributed by atoms with E-state index < -0.39 is 0 Å².